The van der Waals surface area contributed by atoms with Gasteiger partial charge in [-0.3, -0.25) is 9.59 Å². The van der Waals surface area contributed by atoms with Crippen molar-refractivity contribution in [3.63, 3.8) is 0 Å². The minimum Gasteiger partial charge on any atom is -0.441 e. The summed E-state index contributed by atoms with van der Waals surface area (Å²) >= 11 is 0. The van der Waals surface area contributed by atoms with Gasteiger partial charge in [0.15, 0.2) is 6.73 Å². The van der Waals surface area contributed by atoms with Crippen LogP contribution in [0.4, 0.5) is 4.39 Å². The predicted molar refractivity (Wildman–Crippen MR) is 102 cm³/mol. The van der Waals surface area contributed by atoms with Crippen LogP contribution < -0.4 is 10.9 Å². The molecule has 0 bridgehead atoms. The van der Waals surface area contributed by atoms with Gasteiger partial charge in [0.05, 0.1) is 10.9 Å². The zero-order valence-corrected chi connectivity index (χ0v) is 15.8. The molecule has 1 amide bonds. The number of nitrogens with zero attached hydrogens (tertiary/aromatic N) is 3. The molecular weight excluding hydrogens is 379 g/mol. The van der Waals surface area contributed by atoms with Gasteiger partial charge in [-0.05, 0) is 30.2 Å². The molecule has 9 heteroatoms. The van der Waals surface area contributed by atoms with Crippen molar-refractivity contribution in [1.29, 1.82) is 0 Å². The van der Waals surface area contributed by atoms with Crippen LogP contribution in [0.5, 0.6) is 0 Å². The first-order chi connectivity index (χ1) is 13.9. The maximum absolute atomic E-state index is 13.8. The lowest BCUT2D eigenvalue weighted by Gasteiger charge is -2.21. The molecule has 8 nitrogen and oxygen atoms in total. The molecule has 0 aliphatic carbocycles. The molecule has 0 saturated carbocycles. The van der Waals surface area contributed by atoms with Crippen molar-refractivity contribution in [1.82, 2.24) is 20.3 Å². The average molecular weight is 398 g/mol. The van der Waals surface area contributed by atoms with Crippen LogP contribution in [0.3, 0.4) is 0 Å². The number of rotatable bonds is 6. The van der Waals surface area contributed by atoms with Crippen LogP contribution in [0, 0.1) is 11.7 Å². The molecule has 0 aliphatic rings. The van der Waals surface area contributed by atoms with E-state index in [4.69, 9.17) is 4.74 Å². The molecule has 0 aliphatic heterocycles. The van der Waals surface area contributed by atoms with E-state index in [0.29, 0.717) is 10.9 Å². The standard InChI is InChI=1S/C20H19FN4O4/c1-12(2)17(22-18(26)13-7-3-5-9-15(13)21)20(28)29-11-25-19(27)14-8-4-6-10-16(14)23-24-25/h3-10,12,17H,11H2,1-2H3,(H,22,26). The van der Waals surface area contributed by atoms with Gasteiger partial charge in [-0.15, -0.1) is 5.10 Å². The maximum Gasteiger partial charge on any atom is 0.330 e. The second kappa shape index (κ2) is 8.59. The first-order valence-corrected chi connectivity index (χ1v) is 8.93. The molecule has 3 rings (SSSR count). The number of fused-ring (bicyclic) bond motifs is 1. The van der Waals surface area contributed by atoms with Crippen LogP contribution >= 0.6 is 0 Å². The normalized spacial score (nSPS) is 12.0. The first-order valence-electron chi connectivity index (χ1n) is 8.93. The summed E-state index contributed by atoms with van der Waals surface area (Å²) in [4.78, 5) is 37.2. The van der Waals surface area contributed by atoms with Crippen LogP contribution in [-0.2, 0) is 16.3 Å². The van der Waals surface area contributed by atoms with E-state index in [2.05, 4.69) is 15.6 Å². The summed E-state index contributed by atoms with van der Waals surface area (Å²) < 4.78 is 19.9. The lowest BCUT2D eigenvalue weighted by atomic mass is 10.0. The summed E-state index contributed by atoms with van der Waals surface area (Å²) in [6.45, 7) is 2.94. The van der Waals surface area contributed by atoms with Crippen molar-refractivity contribution in [3.05, 3.63) is 70.3 Å². The SMILES string of the molecule is CC(C)C(NC(=O)c1ccccc1F)C(=O)OCn1nnc2ccccc2c1=O. The van der Waals surface area contributed by atoms with Gasteiger partial charge in [-0.2, -0.15) is 4.68 Å². The van der Waals surface area contributed by atoms with Gasteiger partial charge in [0.2, 0.25) is 0 Å². The molecule has 0 spiro atoms. The molecule has 0 radical (unpaired) electrons. The minimum absolute atomic E-state index is 0.178. The highest BCUT2D eigenvalue weighted by atomic mass is 19.1. The van der Waals surface area contributed by atoms with E-state index in [1.54, 1.807) is 38.1 Å². The number of carbonyl (C=O) groups is 2. The van der Waals surface area contributed by atoms with E-state index >= 15 is 0 Å². The molecule has 1 unspecified atom stereocenters. The fourth-order valence-corrected chi connectivity index (χ4v) is 2.68. The smallest absolute Gasteiger partial charge is 0.330 e. The Morgan fingerprint density at radius 2 is 1.83 bits per heavy atom. The molecule has 3 aromatic rings. The molecule has 29 heavy (non-hydrogen) atoms. The van der Waals surface area contributed by atoms with Gasteiger partial charge < -0.3 is 10.1 Å². The third-order valence-electron chi connectivity index (χ3n) is 4.28. The molecule has 0 fully saturated rings. The predicted octanol–water partition coefficient (Wildman–Crippen LogP) is 1.89. The fourth-order valence-electron chi connectivity index (χ4n) is 2.68. The Morgan fingerprint density at radius 3 is 2.55 bits per heavy atom. The third kappa shape index (κ3) is 4.45. The van der Waals surface area contributed by atoms with Crippen LogP contribution in [0.25, 0.3) is 10.9 Å². The van der Waals surface area contributed by atoms with Crippen molar-refractivity contribution in [2.75, 3.05) is 0 Å². The first kappa shape index (κ1) is 20.1. The van der Waals surface area contributed by atoms with Crippen LogP contribution in [-0.4, -0.2) is 32.9 Å². The highest BCUT2D eigenvalue weighted by Crippen LogP contribution is 2.10. The molecular formula is C20H19FN4O4. The van der Waals surface area contributed by atoms with Crippen molar-refractivity contribution >= 4 is 22.8 Å². The number of hydrogen-bond acceptors (Lipinski definition) is 6. The summed E-state index contributed by atoms with van der Waals surface area (Å²) in [5.41, 5.74) is -0.209. The lowest BCUT2D eigenvalue weighted by Crippen LogP contribution is -2.46. The monoisotopic (exact) mass is 398 g/mol. The zero-order chi connectivity index (χ0) is 21.0. The Bertz CT molecular complexity index is 1110. The Morgan fingerprint density at radius 1 is 1.14 bits per heavy atom. The number of hydrogen-bond donors (Lipinski definition) is 1. The molecule has 1 aromatic heterocycles. The lowest BCUT2D eigenvalue weighted by molar-refractivity contribution is -0.151. The highest BCUT2D eigenvalue weighted by Gasteiger charge is 2.27. The number of esters is 1. The molecule has 1 heterocycles. The van der Waals surface area contributed by atoms with Crippen molar-refractivity contribution in [2.45, 2.75) is 26.6 Å². The van der Waals surface area contributed by atoms with Crippen LogP contribution in [0.2, 0.25) is 0 Å². The van der Waals surface area contributed by atoms with Gasteiger partial charge in [-0.1, -0.05) is 43.3 Å². The summed E-state index contributed by atoms with van der Waals surface area (Å²) in [6, 6.07) is 11.1. The van der Waals surface area contributed by atoms with E-state index in [1.807, 2.05) is 0 Å². The van der Waals surface area contributed by atoms with Gasteiger partial charge in [0.1, 0.15) is 17.4 Å². The largest absolute Gasteiger partial charge is 0.441 e. The van der Waals surface area contributed by atoms with Crippen LogP contribution in [0.1, 0.15) is 24.2 Å². The summed E-state index contributed by atoms with van der Waals surface area (Å²) in [5, 5.41) is 10.5. The zero-order valence-electron chi connectivity index (χ0n) is 15.8. The second-order valence-corrected chi connectivity index (χ2v) is 6.68. The van der Waals surface area contributed by atoms with Gasteiger partial charge in [0.25, 0.3) is 11.5 Å². The number of benzene rings is 2. The van der Waals surface area contributed by atoms with E-state index in [-0.39, 0.29) is 11.5 Å². The van der Waals surface area contributed by atoms with E-state index < -0.39 is 36.0 Å². The number of ether oxygens (including phenoxy) is 1. The molecule has 150 valence electrons. The van der Waals surface area contributed by atoms with Gasteiger partial charge in [-0.25, -0.2) is 9.18 Å². The summed E-state index contributed by atoms with van der Waals surface area (Å²) in [6.07, 6.45) is 0. The average Bonchev–Trinajstić information content (AvgIpc) is 2.71. The molecule has 2 aromatic carbocycles. The fraction of sp³-hybridized carbons (Fsp3) is 0.250. The minimum atomic E-state index is -1.04. The maximum atomic E-state index is 13.8. The Kier molecular flexibility index (Phi) is 5.96. The van der Waals surface area contributed by atoms with Crippen LogP contribution in [0.15, 0.2) is 53.3 Å². The number of halogens is 1. The number of aromatic nitrogens is 3. The van der Waals surface area contributed by atoms with E-state index in [1.165, 1.54) is 18.2 Å². The van der Waals surface area contributed by atoms with E-state index in [9.17, 15) is 18.8 Å². The number of carbonyl (C=O) groups excluding carboxylic acids is 2. The quantitative estimate of drug-likeness (QED) is 0.636. The number of amides is 1. The van der Waals surface area contributed by atoms with Gasteiger partial charge >= 0.3 is 5.97 Å². The van der Waals surface area contributed by atoms with Crippen molar-refractivity contribution in [3.8, 4) is 0 Å². The Balaban J connectivity index is 1.72. The van der Waals surface area contributed by atoms with Crippen molar-refractivity contribution in [2.24, 2.45) is 5.92 Å². The highest BCUT2D eigenvalue weighted by molar-refractivity contribution is 5.97. The Hall–Kier alpha value is -3.62. The second-order valence-electron chi connectivity index (χ2n) is 6.68. The number of nitrogens with one attached hydrogen (secondary N) is 1. The van der Waals surface area contributed by atoms with E-state index in [0.717, 1.165) is 10.7 Å². The molecule has 1 N–H and O–H groups in total. The summed E-state index contributed by atoms with van der Waals surface area (Å²) in [7, 11) is 0. The molecule has 1 atom stereocenters. The third-order valence-corrected chi connectivity index (χ3v) is 4.28. The topological polar surface area (TPSA) is 103 Å². The molecule has 0 saturated heterocycles. The van der Waals surface area contributed by atoms with Gasteiger partial charge in [0, 0.05) is 0 Å². The Labute approximate surface area is 165 Å². The summed E-state index contributed by atoms with van der Waals surface area (Å²) in [5.74, 6) is -2.54. The van der Waals surface area contributed by atoms with Crippen molar-refractivity contribution < 1.29 is 18.7 Å².